The van der Waals surface area contributed by atoms with Crippen LogP contribution in [0.4, 0.5) is 11.4 Å². The number of alkyl halides is 2. The van der Waals surface area contributed by atoms with Gasteiger partial charge in [0.25, 0.3) is 17.5 Å². The molecule has 4 amide bonds. The molecule has 6 rings (SSSR count). The van der Waals surface area contributed by atoms with Gasteiger partial charge >= 0.3 is 0 Å². The molecule has 12 heteroatoms. The maximum Gasteiger partial charge on any atom is 0.269 e. The first-order chi connectivity index (χ1) is 18.8. The second-order valence-corrected chi connectivity index (χ2v) is 12.0. The number of phenolic OH excluding ortho intramolecular Hbond substituents is 1. The molecule has 0 bridgehead atoms. The number of amides is 4. The summed E-state index contributed by atoms with van der Waals surface area (Å²) in [6.07, 6.45) is 1.77. The third-order valence-corrected chi connectivity index (χ3v) is 10.3. The minimum absolute atomic E-state index is 0.105. The Morgan fingerprint density at radius 3 is 2.33 bits per heavy atom. The number of halogens is 2. The highest BCUT2D eigenvalue weighted by Gasteiger charge is 2.76. The molecule has 1 N–H and O–H groups in total. The first-order valence-electron chi connectivity index (χ1n) is 12.7. The van der Waals surface area contributed by atoms with Crippen LogP contribution in [0.5, 0.6) is 5.75 Å². The van der Waals surface area contributed by atoms with Crippen molar-refractivity contribution in [3.05, 3.63) is 75.4 Å². The van der Waals surface area contributed by atoms with Crippen molar-refractivity contribution in [3.8, 4) is 5.75 Å². The number of hydrogen-bond donors (Lipinski definition) is 1. The summed E-state index contributed by atoms with van der Waals surface area (Å²) in [7, 11) is 1.30. The van der Waals surface area contributed by atoms with Crippen LogP contribution in [0.3, 0.4) is 0 Å². The molecular weight excluding hydrogens is 561 g/mol. The third-order valence-electron chi connectivity index (χ3n) is 8.91. The van der Waals surface area contributed by atoms with Crippen LogP contribution in [0.15, 0.2) is 54.1 Å². The first-order valence-corrected chi connectivity index (χ1v) is 13.4. The first kappa shape index (κ1) is 26.5. The van der Waals surface area contributed by atoms with Crippen LogP contribution >= 0.6 is 23.2 Å². The number of nitro benzene ring substituents is 1. The third kappa shape index (κ3) is 3.17. The number of para-hydroxylation sites is 1. The Bertz CT molecular complexity index is 1570. The molecule has 2 aliphatic heterocycles. The SMILES string of the molecule is Cc1cccc([C@H]2C3=CC[C@@H]4C(=O)N(c5ccc([N+](=O)[O-])cc5)C(=O)[C@@H]4[C@@H]3C[C@@]3(Cl)C(=O)N(C)C(=O)[C@@]23Cl)c1O. The Balaban J connectivity index is 1.50. The van der Waals surface area contributed by atoms with Crippen LogP contribution < -0.4 is 4.90 Å². The average molecular weight is 584 g/mol. The molecule has 206 valence electrons. The topological polar surface area (TPSA) is 138 Å². The molecule has 2 aromatic carbocycles. The largest absolute Gasteiger partial charge is 0.507 e. The lowest BCUT2D eigenvalue weighted by atomic mass is 9.56. The molecule has 3 fully saturated rings. The van der Waals surface area contributed by atoms with Crippen molar-refractivity contribution in [2.24, 2.45) is 17.8 Å². The van der Waals surface area contributed by atoms with Gasteiger partial charge in [-0.3, -0.25) is 39.1 Å². The van der Waals surface area contributed by atoms with Gasteiger partial charge in [0.1, 0.15) is 5.75 Å². The summed E-state index contributed by atoms with van der Waals surface area (Å²) >= 11 is 14.2. The summed E-state index contributed by atoms with van der Waals surface area (Å²) in [6.45, 7) is 1.69. The maximum absolute atomic E-state index is 13.9. The number of aromatic hydroxyl groups is 1. The molecule has 6 atom stereocenters. The average Bonchev–Trinajstić information content (AvgIpc) is 3.25. The van der Waals surface area contributed by atoms with Gasteiger partial charge in [-0.05, 0) is 43.4 Å². The van der Waals surface area contributed by atoms with Gasteiger partial charge in [-0.1, -0.05) is 29.8 Å². The summed E-state index contributed by atoms with van der Waals surface area (Å²) < 4.78 is 0. The summed E-state index contributed by atoms with van der Waals surface area (Å²) in [5, 5.41) is 22.2. The lowest BCUT2D eigenvalue weighted by molar-refractivity contribution is -0.384. The molecule has 2 saturated heterocycles. The standard InChI is InChI=1S/C28H23Cl2N3O7/c1-13-4-3-5-18(22(13)34)21-16-10-11-17-20(19(16)12-27(29)25(37)31(2)26(38)28(21,27)30)24(36)32(23(17)35)14-6-8-15(9-7-14)33(39)40/h3-10,17,19-21,34H,11-12H2,1-2H3/t17-,19+,20-,21+,27+,28-/m0/s1. The Hall–Kier alpha value is -3.76. The number of anilines is 1. The highest BCUT2D eigenvalue weighted by molar-refractivity contribution is 6.53. The van der Waals surface area contributed by atoms with E-state index >= 15 is 0 Å². The predicted octanol–water partition coefficient (Wildman–Crippen LogP) is 3.80. The number of carbonyl (C=O) groups excluding carboxylic acids is 4. The van der Waals surface area contributed by atoms with Crippen molar-refractivity contribution in [1.29, 1.82) is 0 Å². The monoisotopic (exact) mass is 583 g/mol. The number of non-ortho nitro benzene ring substituents is 1. The van der Waals surface area contributed by atoms with Crippen molar-refractivity contribution in [3.63, 3.8) is 0 Å². The normalized spacial score (nSPS) is 33.0. The van der Waals surface area contributed by atoms with Crippen LogP contribution in [-0.2, 0) is 19.2 Å². The number of nitrogens with zero attached hydrogens (tertiary/aromatic N) is 3. The van der Waals surface area contributed by atoms with E-state index in [0.29, 0.717) is 16.7 Å². The number of nitro groups is 1. The van der Waals surface area contributed by atoms with E-state index in [9.17, 15) is 34.4 Å². The number of imide groups is 2. The highest BCUT2D eigenvalue weighted by atomic mass is 35.5. The fourth-order valence-electron chi connectivity index (χ4n) is 6.98. The zero-order valence-electron chi connectivity index (χ0n) is 21.3. The number of carbonyl (C=O) groups is 4. The van der Waals surface area contributed by atoms with Gasteiger partial charge in [0, 0.05) is 30.7 Å². The minimum Gasteiger partial charge on any atom is -0.507 e. The van der Waals surface area contributed by atoms with Crippen molar-refractivity contribution in [2.45, 2.75) is 35.4 Å². The number of aryl methyl sites for hydroxylation is 1. The van der Waals surface area contributed by atoms with E-state index in [0.717, 1.165) is 9.80 Å². The molecule has 0 radical (unpaired) electrons. The summed E-state index contributed by atoms with van der Waals surface area (Å²) in [5.41, 5.74) is 1.40. The van der Waals surface area contributed by atoms with E-state index in [1.54, 1.807) is 31.2 Å². The van der Waals surface area contributed by atoms with E-state index < -0.39 is 62.0 Å². The summed E-state index contributed by atoms with van der Waals surface area (Å²) in [6, 6.07) is 10.1. The second kappa shape index (κ2) is 8.62. The van der Waals surface area contributed by atoms with E-state index in [1.807, 2.05) is 0 Å². The second-order valence-electron chi connectivity index (χ2n) is 10.8. The van der Waals surface area contributed by atoms with Gasteiger partial charge in [-0.25, -0.2) is 0 Å². The quantitative estimate of drug-likeness (QED) is 0.190. The molecule has 0 spiro atoms. The Morgan fingerprint density at radius 2 is 1.68 bits per heavy atom. The van der Waals surface area contributed by atoms with Crippen LogP contribution in [0.25, 0.3) is 0 Å². The van der Waals surface area contributed by atoms with Gasteiger partial charge < -0.3 is 5.11 Å². The smallest absolute Gasteiger partial charge is 0.269 e. The molecule has 40 heavy (non-hydrogen) atoms. The van der Waals surface area contributed by atoms with E-state index in [2.05, 4.69) is 0 Å². The summed E-state index contributed by atoms with van der Waals surface area (Å²) in [5.74, 6) is -5.99. The van der Waals surface area contributed by atoms with Gasteiger partial charge in [0.05, 0.1) is 22.4 Å². The molecule has 10 nitrogen and oxygen atoms in total. The van der Waals surface area contributed by atoms with Crippen molar-refractivity contribution in [1.82, 2.24) is 4.90 Å². The van der Waals surface area contributed by atoms with Gasteiger partial charge in [0.15, 0.2) is 9.75 Å². The lowest BCUT2D eigenvalue weighted by Crippen LogP contribution is -2.60. The predicted molar refractivity (Wildman–Crippen MR) is 144 cm³/mol. The fraction of sp³-hybridized carbons (Fsp3) is 0.357. The van der Waals surface area contributed by atoms with Crippen LogP contribution in [0, 0.1) is 34.8 Å². The zero-order chi connectivity index (χ0) is 28.9. The maximum atomic E-state index is 13.9. The Morgan fingerprint density at radius 1 is 1.00 bits per heavy atom. The fourth-order valence-corrected chi connectivity index (χ4v) is 7.99. The zero-order valence-corrected chi connectivity index (χ0v) is 22.8. The highest BCUT2D eigenvalue weighted by Crippen LogP contribution is 2.66. The molecule has 2 aliphatic carbocycles. The van der Waals surface area contributed by atoms with Gasteiger partial charge in [-0.15, -0.1) is 23.2 Å². The Labute approximate surface area is 238 Å². The molecule has 0 aromatic heterocycles. The molecule has 1 saturated carbocycles. The van der Waals surface area contributed by atoms with E-state index in [4.69, 9.17) is 23.2 Å². The molecule has 0 unspecified atom stereocenters. The molecule has 4 aliphatic rings. The van der Waals surface area contributed by atoms with Crippen LogP contribution in [-0.4, -0.2) is 55.4 Å². The molecular formula is C28H23Cl2N3O7. The molecule has 2 aromatic rings. The van der Waals surface area contributed by atoms with E-state index in [1.165, 1.54) is 31.3 Å². The lowest BCUT2D eigenvalue weighted by Gasteiger charge is -2.50. The van der Waals surface area contributed by atoms with Crippen molar-refractivity contribution >= 4 is 58.2 Å². The number of allylic oxidation sites excluding steroid dienone is 2. The van der Waals surface area contributed by atoms with Crippen LogP contribution in [0.2, 0.25) is 0 Å². The van der Waals surface area contributed by atoms with Crippen molar-refractivity contribution in [2.75, 3.05) is 11.9 Å². The number of fused-ring (bicyclic) bond motifs is 4. The number of likely N-dealkylation sites (tertiary alicyclic amines) is 1. The van der Waals surface area contributed by atoms with E-state index in [-0.39, 0.29) is 30.0 Å². The number of rotatable bonds is 3. The molecule has 2 heterocycles. The van der Waals surface area contributed by atoms with Gasteiger partial charge in [0.2, 0.25) is 11.8 Å². The van der Waals surface area contributed by atoms with Gasteiger partial charge in [-0.2, -0.15) is 0 Å². The minimum atomic E-state index is -1.98. The number of hydrogen-bond acceptors (Lipinski definition) is 7. The summed E-state index contributed by atoms with van der Waals surface area (Å²) in [4.78, 5) is 63.0. The Kier molecular flexibility index (Phi) is 5.70. The number of benzene rings is 2. The van der Waals surface area contributed by atoms with Crippen molar-refractivity contribution < 1.29 is 29.2 Å². The van der Waals surface area contributed by atoms with Crippen LogP contribution in [0.1, 0.15) is 29.9 Å². The number of phenols is 1.